The van der Waals surface area contributed by atoms with Gasteiger partial charge in [-0.3, -0.25) is 9.98 Å². The first-order chi connectivity index (χ1) is 15.2. The van der Waals surface area contributed by atoms with E-state index < -0.39 is 5.60 Å². The Morgan fingerprint density at radius 1 is 1.22 bits per heavy atom. The van der Waals surface area contributed by atoms with E-state index in [9.17, 15) is 4.79 Å². The molecule has 1 atom stereocenters. The lowest BCUT2D eigenvalue weighted by Gasteiger charge is -2.39. The van der Waals surface area contributed by atoms with Gasteiger partial charge in [0.25, 0.3) is 0 Å². The maximum Gasteiger partial charge on any atom is 0.410 e. The number of carbonyl (C=O) groups is 1. The molecular formula is C24H27BrN4O3. The molecule has 168 valence electrons. The summed E-state index contributed by atoms with van der Waals surface area (Å²) in [5, 5.41) is 0. The largest absolute Gasteiger partial charge is 0.471 e. The van der Waals surface area contributed by atoms with Gasteiger partial charge in [-0.15, -0.1) is 0 Å². The van der Waals surface area contributed by atoms with Crippen molar-refractivity contribution in [3.8, 4) is 5.88 Å². The number of aliphatic imine (C=N–C) groups is 1. The highest BCUT2D eigenvalue weighted by atomic mass is 79.9. The Hall–Kier alpha value is -2.48. The van der Waals surface area contributed by atoms with Crippen LogP contribution < -0.4 is 4.74 Å². The monoisotopic (exact) mass is 498 g/mol. The number of piperidine rings is 1. The highest BCUT2D eigenvalue weighted by Crippen LogP contribution is 2.54. The number of carbonyl (C=O) groups excluding carboxylic acids is 1. The second-order valence-electron chi connectivity index (χ2n) is 9.85. The Bertz CT molecular complexity index is 1090. The van der Waals surface area contributed by atoms with Gasteiger partial charge in [-0.05, 0) is 57.7 Å². The molecule has 3 heterocycles. The first-order valence-corrected chi connectivity index (χ1v) is 11.8. The Labute approximate surface area is 196 Å². The lowest BCUT2D eigenvalue weighted by atomic mass is 9.90. The molecular weight excluding hydrogens is 472 g/mol. The molecule has 3 aliphatic rings. The fourth-order valence-corrected chi connectivity index (χ4v) is 4.79. The molecule has 8 heteroatoms. The van der Waals surface area contributed by atoms with Gasteiger partial charge in [-0.1, -0.05) is 22.0 Å². The van der Waals surface area contributed by atoms with Crippen molar-refractivity contribution in [1.82, 2.24) is 14.9 Å². The van der Waals surface area contributed by atoms with Crippen LogP contribution in [0.3, 0.4) is 0 Å². The highest BCUT2D eigenvalue weighted by molar-refractivity contribution is 9.10. The van der Waals surface area contributed by atoms with Crippen LogP contribution >= 0.6 is 15.9 Å². The Morgan fingerprint density at radius 3 is 2.78 bits per heavy atom. The van der Waals surface area contributed by atoms with Gasteiger partial charge in [0.1, 0.15) is 17.4 Å². The lowest BCUT2D eigenvalue weighted by molar-refractivity contribution is -0.0120. The number of amides is 1. The maximum absolute atomic E-state index is 12.6. The molecule has 32 heavy (non-hydrogen) atoms. The summed E-state index contributed by atoms with van der Waals surface area (Å²) in [5.74, 6) is 0.468. The minimum atomic E-state index is -0.519. The molecule has 1 saturated heterocycles. The van der Waals surface area contributed by atoms with Crippen molar-refractivity contribution in [1.29, 1.82) is 0 Å². The summed E-state index contributed by atoms with van der Waals surface area (Å²) in [6.07, 6.45) is 6.09. The van der Waals surface area contributed by atoms with Gasteiger partial charge in [0, 0.05) is 22.0 Å². The lowest BCUT2D eigenvalue weighted by Crippen LogP contribution is -2.51. The van der Waals surface area contributed by atoms with E-state index in [0.29, 0.717) is 31.2 Å². The number of halogens is 1. The highest BCUT2D eigenvalue weighted by Gasteiger charge is 2.54. The van der Waals surface area contributed by atoms with Gasteiger partial charge in [0.05, 0.1) is 31.2 Å². The van der Waals surface area contributed by atoms with Gasteiger partial charge < -0.3 is 14.4 Å². The van der Waals surface area contributed by atoms with Crippen LogP contribution in [-0.4, -0.2) is 51.5 Å². The Morgan fingerprint density at radius 2 is 2.03 bits per heavy atom. The molecule has 1 aromatic heterocycles. The predicted molar refractivity (Wildman–Crippen MR) is 124 cm³/mol. The zero-order chi connectivity index (χ0) is 22.5. The van der Waals surface area contributed by atoms with Crippen LogP contribution in [0.5, 0.6) is 5.88 Å². The molecule has 1 saturated carbocycles. The van der Waals surface area contributed by atoms with Crippen molar-refractivity contribution in [2.75, 3.05) is 13.1 Å². The maximum atomic E-state index is 12.6. The number of fused-ring (bicyclic) bond motifs is 1. The van der Waals surface area contributed by atoms with Gasteiger partial charge in [-0.25, -0.2) is 9.78 Å². The zero-order valence-corrected chi connectivity index (χ0v) is 20.2. The Balaban J connectivity index is 1.34. The van der Waals surface area contributed by atoms with Crippen LogP contribution in [0.2, 0.25) is 0 Å². The number of hydrogen-bond donors (Lipinski definition) is 0. The van der Waals surface area contributed by atoms with E-state index in [-0.39, 0.29) is 17.6 Å². The van der Waals surface area contributed by atoms with Gasteiger partial charge in [0.15, 0.2) is 0 Å². The number of rotatable bonds is 3. The summed E-state index contributed by atoms with van der Waals surface area (Å²) in [4.78, 5) is 28.2. The van der Waals surface area contributed by atoms with Crippen molar-refractivity contribution in [2.24, 2.45) is 10.4 Å². The van der Waals surface area contributed by atoms with Crippen molar-refractivity contribution in [3.05, 3.63) is 51.9 Å². The van der Waals surface area contributed by atoms with Gasteiger partial charge >= 0.3 is 6.09 Å². The summed E-state index contributed by atoms with van der Waals surface area (Å²) >= 11 is 3.54. The molecule has 0 N–H and O–H groups in total. The third-order valence-corrected chi connectivity index (χ3v) is 6.84. The predicted octanol–water partition coefficient (Wildman–Crippen LogP) is 4.76. The van der Waals surface area contributed by atoms with E-state index in [1.165, 1.54) is 5.56 Å². The third-order valence-electron chi connectivity index (χ3n) is 6.35. The summed E-state index contributed by atoms with van der Waals surface area (Å²) in [6, 6.07) is 6.17. The van der Waals surface area contributed by atoms with Crippen LogP contribution in [0, 0.1) is 5.41 Å². The fraction of sp³-hybridized carbons (Fsp3) is 0.500. The van der Waals surface area contributed by atoms with Crippen molar-refractivity contribution in [2.45, 2.75) is 58.3 Å². The smallest absolute Gasteiger partial charge is 0.410 e. The second kappa shape index (κ2) is 7.83. The minimum Gasteiger partial charge on any atom is -0.471 e. The van der Waals surface area contributed by atoms with E-state index in [1.807, 2.05) is 26.8 Å². The molecule has 5 rings (SSSR count). The van der Waals surface area contributed by atoms with Crippen molar-refractivity contribution < 1.29 is 14.3 Å². The van der Waals surface area contributed by atoms with E-state index in [1.54, 1.807) is 17.3 Å². The molecule has 0 unspecified atom stereocenters. The van der Waals surface area contributed by atoms with E-state index in [2.05, 4.69) is 38.0 Å². The number of ether oxygens (including phenoxy) is 2. The van der Waals surface area contributed by atoms with Crippen molar-refractivity contribution >= 4 is 27.7 Å². The minimum absolute atomic E-state index is 0.124. The topological polar surface area (TPSA) is 76.9 Å². The third kappa shape index (κ3) is 4.25. The molecule has 0 bridgehead atoms. The van der Waals surface area contributed by atoms with Crippen LogP contribution in [0.25, 0.3) is 0 Å². The zero-order valence-electron chi connectivity index (χ0n) is 18.6. The number of benzene rings is 1. The molecule has 1 aromatic carbocycles. The first kappa shape index (κ1) is 21.4. The molecule has 2 aliphatic heterocycles. The molecule has 2 fully saturated rings. The first-order valence-electron chi connectivity index (χ1n) is 11.0. The van der Waals surface area contributed by atoms with E-state index >= 15 is 0 Å². The SMILES string of the molecule is CC(C)(C)OC(=O)N1CCC2(CC2)[C@@H](Oc2cncc(C3=NCc4ccc(Br)cc43)n2)C1. The normalized spacial score (nSPS) is 21.2. The molecule has 7 nitrogen and oxygen atoms in total. The molecule has 1 amide bonds. The van der Waals surface area contributed by atoms with Gasteiger partial charge in [0.2, 0.25) is 5.88 Å². The van der Waals surface area contributed by atoms with Crippen molar-refractivity contribution in [3.63, 3.8) is 0 Å². The van der Waals surface area contributed by atoms with Gasteiger partial charge in [-0.2, -0.15) is 0 Å². The summed E-state index contributed by atoms with van der Waals surface area (Å²) in [6.45, 7) is 7.49. The summed E-state index contributed by atoms with van der Waals surface area (Å²) in [7, 11) is 0. The number of aromatic nitrogens is 2. The molecule has 0 radical (unpaired) electrons. The van der Waals surface area contributed by atoms with Crippen LogP contribution in [-0.2, 0) is 11.3 Å². The number of likely N-dealkylation sites (tertiary alicyclic amines) is 1. The molecule has 2 aromatic rings. The van der Waals surface area contributed by atoms with E-state index in [4.69, 9.17) is 14.5 Å². The average Bonchev–Trinajstić information content (AvgIpc) is 3.38. The number of nitrogens with zero attached hydrogens (tertiary/aromatic N) is 4. The summed E-state index contributed by atoms with van der Waals surface area (Å²) < 4.78 is 13.0. The standard InChI is InChI=1S/C24H27BrN4O3/c1-23(2,3)32-22(30)29-9-8-24(6-7-24)19(14-29)31-20-13-26-12-18(28-20)21-17-10-16(25)5-4-15(17)11-27-21/h4-5,10,12-13,19H,6-9,11,14H2,1-3H3/t19-/m0/s1. The summed E-state index contributed by atoms with van der Waals surface area (Å²) in [5.41, 5.74) is 3.38. The molecule has 1 aliphatic carbocycles. The second-order valence-corrected chi connectivity index (χ2v) is 10.8. The Kier molecular flexibility index (Phi) is 5.23. The fourth-order valence-electron chi connectivity index (χ4n) is 4.43. The van der Waals surface area contributed by atoms with E-state index in [0.717, 1.165) is 35.0 Å². The average molecular weight is 499 g/mol. The van der Waals surface area contributed by atoms with Crippen LogP contribution in [0.4, 0.5) is 4.79 Å². The number of hydrogen-bond acceptors (Lipinski definition) is 6. The molecule has 1 spiro atoms. The van der Waals surface area contributed by atoms with Crippen LogP contribution in [0.15, 0.2) is 40.1 Å². The van der Waals surface area contributed by atoms with Crippen LogP contribution in [0.1, 0.15) is 56.9 Å². The quantitative estimate of drug-likeness (QED) is 0.609.